The third-order valence-corrected chi connectivity index (χ3v) is 5.46. The number of nitrogens with zero attached hydrogens (tertiary/aromatic N) is 1. The van der Waals surface area contributed by atoms with E-state index < -0.39 is 17.9 Å². The molecule has 2 atom stereocenters. The zero-order valence-corrected chi connectivity index (χ0v) is 19.1. The Morgan fingerprint density at radius 1 is 1.34 bits per heavy atom. The Bertz CT molecular complexity index is 856. The molecule has 2 amide bonds. The third kappa shape index (κ3) is 6.39. The normalized spacial score (nSPS) is 20.6. The zero-order valence-electron chi connectivity index (χ0n) is 18.3. The number of ether oxygens (including phenoxy) is 3. The smallest absolute Gasteiger partial charge is 0.308 e. The van der Waals surface area contributed by atoms with Crippen molar-refractivity contribution < 1.29 is 28.6 Å². The van der Waals surface area contributed by atoms with Gasteiger partial charge in [-0.05, 0) is 51.0 Å². The summed E-state index contributed by atoms with van der Waals surface area (Å²) in [5.41, 5.74) is 0.331. The van der Waals surface area contributed by atoms with Crippen LogP contribution in [0.5, 0.6) is 5.75 Å². The number of carbonyl (C=O) groups excluding carboxylic acids is 3. The highest BCUT2D eigenvalue weighted by molar-refractivity contribution is 7.80. The van der Waals surface area contributed by atoms with Crippen molar-refractivity contribution in [3.8, 4) is 5.75 Å². The van der Waals surface area contributed by atoms with Crippen LogP contribution in [0.15, 0.2) is 24.3 Å². The SMILES string of the molecule is CC(C)Oc1ccccc1C(=O)NC(=S)N1CCNC(=O)C1CC(=O)OCC1CCCO1. The molecule has 0 saturated carbocycles. The number of amides is 2. The highest BCUT2D eigenvalue weighted by atomic mass is 32.1. The molecule has 10 heteroatoms. The number of rotatable bonds is 7. The van der Waals surface area contributed by atoms with Crippen LogP contribution in [0.25, 0.3) is 0 Å². The van der Waals surface area contributed by atoms with E-state index in [4.69, 9.17) is 26.4 Å². The molecule has 1 aromatic rings. The number of piperazine rings is 1. The third-order valence-electron chi connectivity index (χ3n) is 5.12. The van der Waals surface area contributed by atoms with Crippen LogP contribution in [-0.2, 0) is 19.1 Å². The van der Waals surface area contributed by atoms with Crippen LogP contribution in [0.1, 0.15) is 43.5 Å². The minimum absolute atomic E-state index is 0.0705. The lowest BCUT2D eigenvalue weighted by Crippen LogP contribution is -2.60. The van der Waals surface area contributed by atoms with E-state index in [0.717, 1.165) is 12.8 Å². The maximum absolute atomic E-state index is 12.8. The summed E-state index contributed by atoms with van der Waals surface area (Å²) in [4.78, 5) is 39.2. The number of para-hydroxylation sites is 1. The molecular formula is C22H29N3O6S. The summed E-state index contributed by atoms with van der Waals surface area (Å²) in [5.74, 6) is -0.867. The van der Waals surface area contributed by atoms with Crippen molar-refractivity contribution in [1.29, 1.82) is 0 Å². The summed E-state index contributed by atoms with van der Waals surface area (Å²) >= 11 is 5.42. The molecule has 0 aromatic heterocycles. The van der Waals surface area contributed by atoms with Crippen LogP contribution in [-0.4, -0.2) is 72.3 Å². The van der Waals surface area contributed by atoms with E-state index in [1.807, 2.05) is 13.8 Å². The van der Waals surface area contributed by atoms with Crippen LogP contribution < -0.4 is 15.4 Å². The first-order chi connectivity index (χ1) is 15.3. The molecule has 2 aliphatic rings. The van der Waals surface area contributed by atoms with Gasteiger partial charge in [-0.1, -0.05) is 12.1 Å². The van der Waals surface area contributed by atoms with E-state index in [-0.39, 0.29) is 36.3 Å². The molecule has 1 aromatic carbocycles. The Kier molecular flexibility index (Phi) is 8.40. The number of hydrogen-bond acceptors (Lipinski definition) is 7. The van der Waals surface area contributed by atoms with Crippen LogP contribution in [0.4, 0.5) is 0 Å². The predicted octanol–water partition coefficient (Wildman–Crippen LogP) is 1.40. The zero-order chi connectivity index (χ0) is 23.1. The molecule has 3 rings (SSSR count). The molecule has 2 fully saturated rings. The van der Waals surface area contributed by atoms with Crippen LogP contribution >= 0.6 is 12.2 Å². The molecular weight excluding hydrogens is 434 g/mol. The summed E-state index contributed by atoms with van der Waals surface area (Å²) in [5, 5.41) is 5.47. The molecule has 2 N–H and O–H groups in total. The van der Waals surface area contributed by atoms with Gasteiger partial charge in [0.2, 0.25) is 5.91 Å². The van der Waals surface area contributed by atoms with E-state index in [1.54, 1.807) is 29.2 Å². The standard InChI is InChI=1S/C22H29N3O6S/c1-14(2)31-18-8-4-3-7-16(18)20(27)24-22(32)25-10-9-23-21(28)17(25)12-19(26)30-13-15-6-5-11-29-15/h3-4,7-8,14-15,17H,5-6,9-13H2,1-2H3,(H,23,28)(H,24,27,32). The summed E-state index contributed by atoms with van der Waals surface area (Å²) in [6.07, 6.45) is 1.42. The second-order valence-electron chi connectivity index (χ2n) is 7.94. The Hall–Kier alpha value is -2.72. The van der Waals surface area contributed by atoms with Crippen LogP contribution in [0, 0.1) is 0 Å². The molecule has 0 bridgehead atoms. The van der Waals surface area contributed by atoms with Crippen molar-refractivity contribution >= 4 is 35.1 Å². The largest absolute Gasteiger partial charge is 0.490 e. The Balaban J connectivity index is 1.62. The number of benzene rings is 1. The second-order valence-corrected chi connectivity index (χ2v) is 8.33. The minimum atomic E-state index is -0.865. The lowest BCUT2D eigenvalue weighted by Gasteiger charge is -2.36. The van der Waals surface area contributed by atoms with Gasteiger partial charge in [0.1, 0.15) is 18.4 Å². The molecule has 9 nitrogen and oxygen atoms in total. The van der Waals surface area contributed by atoms with E-state index in [2.05, 4.69) is 10.6 Å². The van der Waals surface area contributed by atoms with Crippen molar-refractivity contribution in [2.24, 2.45) is 0 Å². The van der Waals surface area contributed by atoms with Crippen molar-refractivity contribution in [1.82, 2.24) is 15.5 Å². The summed E-state index contributed by atoms with van der Waals surface area (Å²) in [6.45, 7) is 5.28. The molecule has 0 radical (unpaired) electrons. The van der Waals surface area contributed by atoms with Crippen molar-refractivity contribution in [2.45, 2.75) is 51.4 Å². The molecule has 32 heavy (non-hydrogen) atoms. The van der Waals surface area contributed by atoms with Gasteiger partial charge in [0.05, 0.1) is 24.2 Å². The highest BCUT2D eigenvalue weighted by Gasteiger charge is 2.34. The number of hydrogen-bond donors (Lipinski definition) is 2. The van der Waals surface area contributed by atoms with E-state index >= 15 is 0 Å². The first-order valence-electron chi connectivity index (χ1n) is 10.8. The summed E-state index contributed by atoms with van der Waals surface area (Å²) < 4.78 is 16.4. The topological polar surface area (TPSA) is 106 Å². The Morgan fingerprint density at radius 2 is 2.12 bits per heavy atom. The lowest BCUT2D eigenvalue weighted by molar-refractivity contribution is -0.150. The van der Waals surface area contributed by atoms with Gasteiger partial charge in [0.25, 0.3) is 5.91 Å². The van der Waals surface area contributed by atoms with Gasteiger partial charge in [-0.25, -0.2) is 0 Å². The number of esters is 1. The van der Waals surface area contributed by atoms with E-state index in [9.17, 15) is 14.4 Å². The van der Waals surface area contributed by atoms with Crippen molar-refractivity contribution in [2.75, 3.05) is 26.3 Å². The Labute approximate surface area is 192 Å². The van der Waals surface area contributed by atoms with Gasteiger partial charge in [-0.15, -0.1) is 0 Å². The number of nitrogens with one attached hydrogen (secondary N) is 2. The predicted molar refractivity (Wildman–Crippen MR) is 120 cm³/mol. The van der Waals surface area contributed by atoms with E-state index in [1.165, 1.54) is 0 Å². The molecule has 2 aliphatic heterocycles. The maximum Gasteiger partial charge on any atom is 0.308 e. The first-order valence-corrected chi connectivity index (χ1v) is 11.2. The van der Waals surface area contributed by atoms with Crippen LogP contribution in [0.2, 0.25) is 0 Å². The Morgan fingerprint density at radius 3 is 2.84 bits per heavy atom. The van der Waals surface area contributed by atoms with Gasteiger partial charge < -0.3 is 24.4 Å². The fraction of sp³-hybridized carbons (Fsp3) is 0.545. The van der Waals surface area contributed by atoms with Crippen molar-refractivity contribution in [3.63, 3.8) is 0 Å². The number of thiocarbonyl (C=S) groups is 1. The summed E-state index contributed by atoms with van der Waals surface area (Å²) in [6, 6.07) is 5.99. The van der Waals surface area contributed by atoms with Crippen LogP contribution in [0.3, 0.4) is 0 Å². The maximum atomic E-state index is 12.8. The average Bonchev–Trinajstić information content (AvgIpc) is 3.27. The summed E-state index contributed by atoms with van der Waals surface area (Å²) in [7, 11) is 0. The minimum Gasteiger partial charge on any atom is -0.490 e. The molecule has 174 valence electrons. The molecule has 2 saturated heterocycles. The van der Waals surface area contributed by atoms with Gasteiger partial charge in [0, 0.05) is 19.7 Å². The monoisotopic (exact) mass is 463 g/mol. The van der Waals surface area contributed by atoms with Gasteiger partial charge in [-0.3, -0.25) is 19.7 Å². The molecule has 2 unspecified atom stereocenters. The molecule has 0 aliphatic carbocycles. The lowest BCUT2D eigenvalue weighted by atomic mass is 10.1. The molecule has 2 heterocycles. The second kappa shape index (κ2) is 11.2. The fourth-order valence-electron chi connectivity index (χ4n) is 3.59. The average molecular weight is 464 g/mol. The van der Waals surface area contributed by atoms with Gasteiger partial charge >= 0.3 is 5.97 Å². The van der Waals surface area contributed by atoms with Gasteiger partial charge in [0.15, 0.2) is 5.11 Å². The number of carbonyl (C=O) groups is 3. The van der Waals surface area contributed by atoms with Gasteiger partial charge in [-0.2, -0.15) is 0 Å². The fourth-order valence-corrected chi connectivity index (χ4v) is 3.90. The molecule has 0 spiro atoms. The first kappa shape index (κ1) is 23.9. The quantitative estimate of drug-likeness (QED) is 0.462. The highest BCUT2D eigenvalue weighted by Crippen LogP contribution is 2.20. The van der Waals surface area contributed by atoms with Crippen molar-refractivity contribution in [3.05, 3.63) is 29.8 Å². The van der Waals surface area contributed by atoms with E-state index in [0.29, 0.717) is 31.0 Å².